The van der Waals surface area contributed by atoms with Crippen LogP contribution in [0.3, 0.4) is 0 Å². The molecule has 2 heterocycles. The summed E-state index contributed by atoms with van der Waals surface area (Å²) in [4.78, 5) is 23.2. The molecule has 1 aliphatic carbocycles. The summed E-state index contributed by atoms with van der Waals surface area (Å²) in [5.41, 5.74) is 13.7. The Hall–Kier alpha value is -3.57. The van der Waals surface area contributed by atoms with E-state index in [2.05, 4.69) is 25.3 Å². The lowest BCUT2D eigenvalue weighted by molar-refractivity contribution is 0.0951. The summed E-state index contributed by atoms with van der Waals surface area (Å²) in [7, 11) is 0. The number of benzene rings is 1. The summed E-state index contributed by atoms with van der Waals surface area (Å²) in [6.45, 7) is 0.326. The number of Topliss-reactive ketones (excluding diaryl/α,β-unsaturated/α-hetero) is 1. The van der Waals surface area contributed by atoms with Crippen LogP contribution >= 0.6 is 0 Å². The first kappa shape index (κ1) is 16.9. The minimum absolute atomic E-state index is 0.0226. The molecule has 4 rings (SSSR count). The van der Waals surface area contributed by atoms with E-state index in [-0.39, 0.29) is 11.7 Å². The van der Waals surface area contributed by atoms with Gasteiger partial charge in [0.05, 0.1) is 16.9 Å². The molecule has 0 saturated heterocycles. The number of azide groups is 1. The lowest BCUT2D eigenvalue weighted by Crippen LogP contribution is -2.22. The van der Waals surface area contributed by atoms with Gasteiger partial charge in [0.25, 0.3) is 0 Å². The summed E-state index contributed by atoms with van der Waals surface area (Å²) in [6, 6.07) is 13.6. The Morgan fingerprint density at radius 1 is 1.19 bits per heavy atom. The maximum atomic E-state index is 12.9. The van der Waals surface area contributed by atoms with Gasteiger partial charge in [-0.3, -0.25) is 9.78 Å². The van der Waals surface area contributed by atoms with Crippen LogP contribution < -0.4 is 5.32 Å². The number of hydrogen-bond donors (Lipinski definition) is 2. The average Bonchev–Trinajstić information content (AvgIpc) is 3.06. The van der Waals surface area contributed by atoms with Crippen LogP contribution in [0.2, 0.25) is 0 Å². The second kappa shape index (κ2) is 7.35. The van der Waals surface area contributed by atoms with E-state index in [0.717, 1.165) is 28.3 Å². The van der Waals surface area contributed by atoms with E-state index in [1.54, 1.807) is 12.4 Å². The van der Waals surface area contributed by atoms with Crippen molar-refractivity contribution in [1.82, 2.24) is 9.97 Å². The number of carbonyl (C=O) groups is 1. The van der Waals surface area contributed by atoms with Gasteiger partial charge in [-0.2, -0.15) is 0 Å². The molecule has 1 aromatic carbocycles. The lowest BCUT2D eigenvalue weighted by atomic mass is 9.86. The normalized spacial score (nSPS) is 15.7. The molecule has 0 amide bonds. The van der Waals surface area contributed by atoms with Crippen molar-refractivity contribution in [3.63, 3.8) is 0 Å². The third-order valence-electron chi connectivity index (χ3n) is 4.74. The number of hydrogen-bond acceptors (Lipinski definition) is 4. The van der Waals surface area contributed by atoms with Crippen LogP contribution in [-0.2, 0) is 6.42 Å². The van der Waals surface area contributed by atoms with E-state index in [1.807, 2.05) is 42.5 Å². The minimum Gasteiger partial charge on any atom is -0.356 e. The molecule has 3 aromatic rings. The molecule has 134 valence electrons. The summed E-state index contributed by atoms with van der Waals surface area (Å²) in [5.74, 6) is 0.0822. The first-order chi connectivity index (χ1) is 13.3. The summed E-state index contributed by atoms with van der Waals surface area (Å²) >= 11 is 0. The van der Waals surface area contributed by atoms with Crippen molar-refractivity contribution in [2.75, 3.05) is 11.9 Å². The SMILES string of the molecule is [N-]=[N+]=NCC1CC(=O)c2c([nH]c(-c3ccncc3)c2Nc2ccccc2)C1. The van der Waals surface area contributed by atoms with Gasteiger partial charge >= 0.3 is 0 Å². The van der Waals surface area contributed by atoms with Crippen LogP contribution in [0.4, 0.5) is 11.4 Å². The maximum Gasteiger partial charge on any atom is 0.167 e. The van der Waals surface area contributed by atoms with Gasteiger partial charge in [0, 0.05) is 47.2 Å². The maximum absolute atomic E-state index is 12.9. The number of carbonyl (C=O) groups excluding carboxylic acids is 1. The Morgan fingerprint density at radius 3 is 2.70 bits per heavy atom. The number of aromatic nitrogens is 2. The third-order valence-corrected chi connectivity index (χ3v) is 4.74. The van der Waals surface area contributed by atoms with E-state index in [0.29, 0.717) is 24.9 Å². The summed E-state index contributed by atoms with van der Waals surface area (Å²) in [6.07, 6.45) is 4.51. The van der Waals surface area contributed by atoms with Crippen molar-refractivity contribution in [2.45, 2.75) is 12.8 Å². The highest BCUT2D eigenvalue weighted by atomic mass is 16.1. The molecule has 7 nitrogen and oxygen atoms in total. The van der Waals surface area contributed by atoms with Crippen LogP contribution in [-0.4, -0.2) is 22.3 Å². The number of nitrogens with one attached hydrogen (secondary N) is 2. The second-order valence-electron chi connectivity index (χ2n) is 6.57. The van der Waals surface area contributed by atoms with Crippen LogP contribution in [0.25, 0.3) is 21.7 Å². The highest BCUT2D eigenvalue weighted by Gasteiger charge is 2.31. The van der Waals surface area contributed by atoms with Crippen LogP contribution in [0.15, 0.2) is 60.0 Å². The van der Waals surface area contributed by atoms with E-state index < -0.39 is 0 Å². The smallest absolute Gasteiger partial charge is 0.167 e. The van der Waals surface area contributed by atoms with E-state index in [9.17, 15) is 4.79 Å². The molecular weight excluding hydrogens is 340 g/mol. The number of ketones is 1. The van der Waals surface area contributed by atoms with Crippen LogP contribution in [0.1, 0.15) is 22.5 Å². The van der Waals surface area contributed by atoms with Crippen molar-refractivity contribution in [3.05, 3.63) is 76.6 Å². The van der Waals surface area contributed by atoms with E-state index in [1.165, 1.54) is 0 Å². The monoisotopic (exact) mass is 358 g/mol. The highest BCUT2D eigenvalue weighted by Crippen LogP contribution is 2.39. The molecule has 2 N–H and O–H groups in total. The number of pyridine rings is 1. The van der Waals surface area contributed by atoms with Crippen molar-refractivity contribution in [2.24, 2.45) is 11.0 Å². The van der Waals surface area contributed by atoms with Gasteiger partial charge in [0.1, 0.15) is 0 Å². The first-order valence-corrected chi connectivity index (χ1v) is 8.77. The number of fused-ring (bicyclic) bond motifs is 1. The van der Waals surface area contributed by atoms with Crippen molar-refractivity contribution < 1.29 is 4.79 Å². The third kappa shape index (κ3) is 3.41. The molecule has 27 heavy (non-hydrogen) atoms. The van der Waals surface area contributed by atoms with Gasteiger partial charge in [-0.1, -0.05) is 23.3 Å². The zero-order chi connectivity index (χ0) is 18.6. The topological polar surface area (TPSA) is 107 Å². The van der Waals surface area contributed by atoms with E-state index in [4.69, 9.17) is 5.53 Å². The molecule has 0 fully saturated rings. The number of H-pyrrole nitrogens is 1. The Morgan fingerprint density at radius 2 is 1.96 bits per heavy atom. The Balaban J connectivity index is 1.80. The molecule has 7 heteroatoms. The highest BCUT2D eigenvalue weighted by molar-refractivity contribution is 6.07. The van der Waals surface area contributed by atoms with Crippen molar-refractivity contribution in [3.8, 4) is 11.3 Å². The quantitative estimate of drug-likeness (QED) is 0.386. The molecule has 1 atom stereocenters. The van der Waals surface area contributed by atoms with Gasteiger partial charge in [-0.05, 0) is 42.1 Å². The van der Waals surface area contributed by atoms with Gasteiger partial charge < -0.3 is 10.3 Å². The molecule has 0 saturated carbocycles. The molecule has 0 spiro atoms. The fourth-order valence-corrected chi connectivity index (χ4v) is 3.54. The van der Waals surface area contributed by atoms with Gasteiger partial charge in [-0.25, -0.2) is 0 Å². The van der Waals surface area contributed by atoms with Gasteiger partial charge in [-0.15, -0.1) is 0 Å². The standard InChI is InChI=1S/C20H18N6O/c21-26-23-12-13-10-16-18(17(27)11-13)20(24-15-4-2-1-3-5-15)19(25-16)14-6-8-22-9-7-14/h1-9,13,24-25H,10-12H2. The number of nitrogens with zero attached hydrogens (tertiary/aromatic N) is 4. The van der Waals surface area contributed by atoms with Gasteiger partial charge in [0.15, 0.2) is 5.78 Å². The molecule has 0 aliphatic heterocycles. The number of para-hydroxylation sites is 1. The molecule has 1 aliphatic rings. The Labute approximate surface area is 156 Å². The molecule has 0 bridgehead atoms. The average molecular weight is 358 g/mol. The zero-order valence-corrected chi connectivity index (χ0v) is 14.6. The van der Waals surface area contributed by atoms with Crippen LogP contribution in [0, 0.1) is 5.92 Å². The number of rotatable bonds is 5. The second-order valence-corrected chi connectivity index (χ2v) is 6.57. The molecule has 2 aromatic heterocycles. The Bertz CT molecular complexity index is 1010. The fourth-order valence-electron chi connectivity index (χ4n) is 3.54. The Kier molecular flexibility index (Phi) is 4.60. The predicted molar refractivity (Wildman–Crippen MR) is 104 cm³/mol. The zero-order valence-electron chi connectivity index (χ0n) is 14.6. The lowest BCUT2D eigenvalue weighted by Gasteiger charge is -2.20. The first-order valence-electron chi connectivity index (χ1n) is 8.77. The molecule has 0 radical (unpaired) electrons. The molecular formula is C20H18N6O. The summed E-state index contributed by atoms with van der Waals surface area (Å²) < 4.78 is 0. The minimum atomic E-state index is 0.0226. The predicted octanol–water partition coefficient (Wildman–Crippen LogP) is 4.88. The summed E-state index contributed by atoms with van der Waals surface area (Å²) in [5, 5.41) is 7.06. The fraction of sp³-hybridized carbons (Fsp3) is 0.200. The van der Waals surface area contributed by atoms with Crippen LogP contribution in [0.5, 0.6) is 0 Å². The largest absolute Gasteiger partial charge is 0.356 e. The van der Waals surface area contributed by atoms with E-state index >= 15 is 0 Å². The number of aromatic amines is 1. The van der Waals surface area contributed by atoms with Crippen molar-refractivity contribution in [1.29, 1.82) is 0 Å². The number of anilines is 2. The molecule has 1 unspecified atom stereocenters. The van der Waals surface area contributed by atoms with Gasteiger partial charge in [0.2, 0.25) is 0 Å². The van der Waals surface area contributed by atoms with Crippen molar-refractivity contribution >= 4 is 17.2 Å².